The fourth-order valence-corrected chi connectivity index (χ4v) is 3.35. The second-order valence-corrected chi connectivity index (χ2v) is 6.22. The van der Waals surface area contributed by atoms with Crippen molar-refractivity contribution in [3.8, 4) is 0 Å². The summed E-state index contributed by atoms with van der Waals surface area (Å²) in [5.74, 6) is -0.703. The van der Waals surface area contributed by atoms with Gasteiger partial charge in [0.15, 0.2) is 0 Å². The van der Waals surface area contributed by atoms with Crippen LogP contribution in [0.2, 0.25) is 0 Å². The maximum absolute atomic E-state index is 11.3. The summed E-state index contributed by atoms with van der Waals surface area (Å²) in [6.45, 7) is 3.15. The van der Waals surface area contributed by atoms with Crippen molar-refractivity contribution in [2.45, 2.75) is 35.8 Å². The van der Waals surface area contributed by atoms with Gasteiger partial charge in [0.05, 0.1) is 0 Å². The molecule has 3 nitrogen and oxygen atoms in total. The third-order valence-electron chi connectivity index (χ3n) is 3.45. The van der Waals surface area contributed by atoms with E-state index in [0.717, 1.165) is 31.0 Å². The molecule has 4 heteroatoms. The molecule has 19 heavy (non-hydrogen) atoms. The molecule has 0 radical (unpaired) electrons. The fraction of sp³-hybridized carbons (Fsp3) is 0.533. The number of nitrogens with zero attached hydrogens (tertiary/aromatic N) is 1. The Hall–Kier alpha value is -1.00. The minimum absolute atomic E-state index is 0.343. The number of carboxylic acid groups (broad SMARTS) is 1. The normalized spacial score (nSPS) is 18.1. The summed E-state index contributed by atoms with van der Waals surface area (Å²) in [5.41, 5.74) is 0. The topological polar surface area (TPSA) is 40.5 Å². The highest BCUT2D eigenvalue weighted by Gasteiger charge is 2.20. The van der Waals surface area contributed by atoms with Gasteiger partial charge < -0.3 is 10.0 Å². The van der Waals surface area contributed by atoms with Gasteiger partial charge in [0.1, 0.15) is 5.25 Å². The van der Waals surface area contributed by atoms with Crippen LogP contribution in [0.5, 0.6) is 0 Å². The maximum Gasteiger partial charge on any atom is 0.317 e. The van der Waals surface area contributed by atoms with Crippen LogP contribution in [0.3, 0.4) is 0 Å². The van der Waals surface area contributed by atoms with Crippen molar-refractivity contribution in [3.05, 3.63) is 30.3 Å². The zero-order chi connectivity index (χ0) is 13.5. The third kappa shape index (κ3) is 4.88. The second kappa shape index (κ2) is 7.56. The Labute approximate surface area is 119 Å². The van der Waals surface area contributed by atoms with E-state index in [1.165, 1.54) is 31.0 Å². The molecule has 1 N–H and O–H groups in total. The molecule has 0 spiro atoms. The quantitative estimate of drug-likeness (QED) is 0.812. The minimum Gasteiger partial charge on any atom is -0.480 e. The van der Waals surface area contributed by atoms with Gasteiger partial charge >= 0.3 is 5.97 Å². The lowest BCUT2D eigenvalue weighted by molar-refractivity contribution is -0.136. The SMILES string of the molecule is O=C(O)C(CCN1CCCCC1)Sc1ccccc1. The predicted octanol–water partition coefficient (Wildman–Crippen LogP) is 3.11. The summed E-state index contributed by atoms with van der Waals surface area (Å²) in [5, 5.41) is 8.98. The number of likely N-dealkylation sites (tertiary alicyclic amines) is 1. The molecule has 0 aromatic heterocycles. The Morgan fingerprint density at radius 1 is 1.21 bits per heavy atom. The van der Waals surface area contributed by atoms with Gasteiger partial charge in [-0.05, 0) is 51.0 Å². The standard InChI is InChI=1S/C15H21NO2S/c17-15(18)14(19-13-7-3-1-4-8-13)9-12-16-10-5-2-6-11-16/h1,3-4,7-8,14H,2,5-6,9-12H2,(H,17,18). The molecule has 1 atom stereocenters. The summed E-state index contributed by atoms with van der Waals surface area (Å²) in [6, 6.07) is 9.80. The number of aliphatic carboxylic acids is 1. The van der Waals surface area contributed by atoms with Crippen LogP contribution in [-0.2, 0) is 4.79 Å². The number of carboxylic acids is 1. The van der Waals surface area contributed by atoms with E-state index in [1.54, 1.807) is 0 Å². The van der Waals surface area contributed by atoms with Crippen molar-refractivity contribution in [1.29, 1.82) is 0 Å². The number of thioether (sulfide) groups is 1. The number of carbonyl (C=O) groups is 1. The molecule has 1 aliphatic heterocycles. The van der Waals surface area contributed by atoms with Gasteiger partial charge in [0.25, 0.3) is 0 Å². The van der Waals surface area contributed by atoms with Crippen LogP contribution in [0.15, 0.2) is 35.2 Å². The monoisotopic (exact) mass is 279 g/mol. The van der Waals surface area contributed by atoms with E-state index in [4.69, 9.17) is 0 Å². The third-order valence-corrected chi connectivity index (χ3v) is 4.72. The number of piperidine rings is 1. The van der Waals surface area contributed by atoms with Crippen molar-refractivity contribution in [1.82, 2.24) is 4.90 Å². The molecule has 1 aliphatic rings. The summed E-state index contributed by atoms with van der Waals surface area (Å²) in [4.78, 5) is 14.8. The molecule has 0 amide bonds. The molecule has 1 fully saturated rings. The van der Waals surface area contributed by atoms with E-state index in [-0.39, 0.29) is 5.25 Å². The van der Waals surface area contributed by atoms with Gasteiger partial charge in [-0.1, -0.05) is 24.6 Å². The molecule has 0 bridgehead atoms. The minimum atomic E-state index is -0.703. The van der Waals surface area contributed by atoms with Crippen LogP contribution in [0.25, 0.3) is 0 Å². The molecular weight excluding hydrogens is 258 g/mol. The predicted molar refractivity (Wildman–Crippen MR) is 78.6 cm³/mol. The first-order valence-electron chi connectivity index (χ1n) is 6.92. The van der Waals surface area contributed by atoms with Crippen molar-refractivity contribution in [2.75, 3.05) is 19.6 Å². The van der Waals surface area contributed by atoms with Gasteiger partial charge in [0.2, 0.25) is 0 Å². The van der Waals surface area contributed by atoms with Crippen LogP contribution >= 0.6 is 11.8 Å². The Balaban J connectivity index is 1.84. The Kier molecular flexibility index (Phi) is 5.73. The van der Waals surface area contributed by atoms with Gasteiger partial charge in [-0.2, -0.15) is 0 Å². The van der Waals surface area contributed by atoms with Crippen molar-refractivity contribution < 1.29 is 9.90 Å². The molecule has 1 aromatic rings. The first-order chi connectivity index (χ1) is 9.25. The molecule has 0 saturated carbocycles. The molecular formula is C15H21NO2S. The molecule has 1 heterocycles. The first kappa shape index (κ1) is 14.4. The molecule has 104 valence electrons. The number of hydrogen-bond donors (Lipinski definition) is 1. The zero-order valence-electron chi connectivity index (χ0n) is 11.1. The van der Waals surface area contributed by atoms with E-state index in [1.807, 2.05) is 30.3 Å². The van der Waals surface area contributed by atoms with Gasteiger partial charge in [0, 0.05) is 4.90 Å². The number of hydrogen-bond acceptors (Lipinski definition) is 3. The van der Waals surface area contributed by atoms with Gasteiger partial charge in [-0.25, -0.2) is 0 Å². The van der Waals surface area contributed by atoms with E-state index in [0.29, 0.717) is 0 Å². The summed E-state index contributed by atoms with van der Waals surface area (Å²) in [6.07, 6.45) is 4.54. The maximum atomic E-state index is 11.3. The van der Waals surface area contributed by atoms with Gasteiger partial charge in [-0.15, -0.1) is 11.8 Å². The van der Waals surface area contributed by atoms with E-state index in [2.05, 4.69) is 4.90 Å². The van der Waals surface area contributed by atoms with Crippen molar-refractivity contribution in [3.63, 3.8) is 0 Å². The van der Waals surface area contributed by atoms with Crippen LogP contribution in [0.1, 0.15) is 25.7 Å². The van der Waals surface area contributed by atoms with Crippen molar-refractivity contribution in [2.24, 2.45) is 0 Å². The number of benzene rings is 1. The molecule has 1 unspecified atom stereocenters. The fourth-order valence-electron chi connectivity index (χ4n) is 2.38. The highest BCUT2D eigenvalue weighted by atomic mass is 32.2. The average Bonchev–Trinajstić information content (AvgIpc) is 2.45. The van der Waals surface area contributed by atoms with Gasteiger partial charge in [-0.3, -0.25) is 4.79 Å². The largest absolute Gasteiger partial charge is 0.480 e. The Bertz CT molecular complexity index is 390. The van der Waals surface area contributed by atoms with E-state index >= 15 is 0 Å². The summed E-state index contributed by atoms with van der Waals surface area (Å²) < 4.78 is 0. The van der Waals surface area contributed by atoms with E-state index in [9.17, 15) is 9.90 Å². The smallest absolute Gasteiger partial charge is 0.317 e. The second-order valence-electron chi connectivity index (χ2n) is 4.95. The van der Waals surface area contributed by atoms with Crippen molar-refractivity contribution >= 4 is 17.7 Å². The van der Waals surface area contributed by atoms with Crippen LogP contribution in [0.4, 0.5) is 0 Å². The van der Waals surface area contributed by atoms with Crippen LogP contribution < -0.4 is 0 Å². The van der Waals surface area contributed by atoms with E-state index < -0.39 is 5.97 Å². The lowest BCUT2D eigenvalue weighted by Crippen LogP contribution is -2.33. The highest BCUT2D eigenvalue weighted by Crippen LogP contribution is 2.26. The lowest BCUT2D eigenvalue weighted by atomic mass is 10.1. The Morgan fingerprint density at radius 3 is 2.53 bits per heavy atom. The molecule has 0 aliphatic carbocycles. The average molecular weight is 279 g/mol. The lowest BCUT2D eigenvalue weighted by Gasteiger charge is -2.27. The first-order valence-corrected chi connectivity index (χ1v) is 7.80. The number of rotatable bonds is 6. The molecule has 1 aromatic carbocycles. The highest BCUT2D eigenvalue weighted by molar-refractivity contribution is 8.00. The Morgan fingerprint density at radius 2 is 1.89 bits per heavy atom. The molecule has 2 rings (SSSR count). The van der Waals surface area contributed by atoms with Crippen LogP contribution in [-0.4, -0.2) is 40.9 Å². The summed E-state index contributed by atoms with van der Waals surface area (Å²) >= 11 is 1.46. The van der Waals surface area contributed by atoms with Crippen LogP contribution in [0, 0.1) is 0 Å². The molecule has 1 saturated heterocycles. The zero-order valence-corrected chi connectivity index (χ0v) is 11.9. The summed E-state index contributed by atoms with van der Waals surface area (Å²) in [7, 11) is 0.